The van der Waals surface area contributed by atoms with Gasteiger partial charge in [-0.15, -0.1) is 0 Å². The van der Waals surface area contributed by atoms with E-state index in [1.54, 1.807) is 13.3 Å². The number of nitrogens with zero attached hydrogens (tertiary/aromatic N) is 1. The fraction of sp³-hybridized carbons (Fsp3) is 0.474. The number of rotatable bonds is 7. The largest absolute Gasteiger partial charge is 0.491 e. The summed E-state index contributed by atoms with van der Waals surface area (Å²) >= 11 is 0. The van der Waals surface area contributed by atoms with Gasteiger partial charge in [-0.25, -0.2) is 0 Å². The first-order valence-electron chi connectivity index (χ1n) is 8.47. The van der Waals surface area contributed by atoms with E-state index in [4.69, 9.17) is 9.47 Å². The van der Waals surface area contributed by atoms with Gasteiger partial charge in [0.25, 0.3) is 5.91 Å². The zero-order valence-corrected chi connectivity index (χ0v) is 14.5. The third-order valence-electron chi connectivity index (χ3n) is 4.67. The molecule has 1 aromatic heterocycles. The van der Waals surface area contributed by atoms with Crippen LogP contribution in [-0.2, 0) is 9.53 Å². The maximum atomic E-state index is 12.8. The van der Waals surface area contributed by atoms with Gasteiger partial charge in [-0.2, -0.15) is 0 Å². The number of benzene rings is 1. The molecule has 0 radical (unpaired) electrons. The van der Waals surface area contributed by atoms with Crippen LogP contribution >= 0.6 is 0 Å². The minimum absolute atomic E-state index is 0.111. The molecule has 1 fully saturated rings. The minimum atomic E-state index is -0.786. The second kappa shape index (κ2) is 6.77. The van der Waals surface area contributed by atoms with Crippen molar-refractivity contribution >= 4 is 22.5 Å². The van der Waals surface area contributed by atoms with Gasteiger partial charge >= 0.3 is 0 Å². The SMILES string of the molecule is CCCOc1ccc(NC(=O)C(C)(OC)C2CC2)c2cccnc12. The van der Waals surface area contributed by atoms with Crippen molar-refractivity contribution in [3.05, 3.63) is 30.5 Å². The zero-order chi connectivity index (χ0) is 17.2. The summed E-state index contributed by atoms with van der Waals surface area (Å²) in [6.45, 7) is 4.56. The standard InChI is InChI=1S/C19H24N2O3/c1-4-12-24-16-10-9-15(14-6-5-11-20-17(14)16)21-18(22)19(2,23-3)13-7-8-13/h5-6,9-11,13H,4,7-8,12H2,1-3H3,(H,21,22). The molecule has 2 aromatic rings. The third kappa shape index (κ3) is 3.08. The number of carbonyl (C=O) groups excluding carboxylic acids is 1. The molecule has 3 rings (SSSR count). The van der Waals surface area contributed by atoms with E-state index in [-0.39, 0.29) is 5.91 Å². The Balaban J connectivity index is 1.91. The number of anilines is 1. The summed E-state index contributed by atoms with van der Waals surface area (Å²) in [4.78, 5) is 17.2. The molecule has 1 aromatic carbocycles. The molecule has 24 heavy (non-hydrogen) atoms. The molecule has 0 aliphatic heterocycles. The predicted molar refractivity (Wildman–Crippen MR) is 94.3 cm³/mol. The Morgan fingerprint density at radius 3 is 2.83 bits per heavy atom. The summed E-state index contributed by atoms with van der Waals surface area (Å²) in [5.74, 6) is 0.918. The van der Waals surface area contributed by atoms with Crippen LogP contribution in [0.3, 0.4) is 0 Å². The van der Waals surface area contributed by atoms with Crippen LogP contribution in [0.2, 0.25) is 0 Å². The summed E-state index contributed by atoms with van der Waals surface area (Å²) in [6.07, 6.45) is 4.73. The Morgan fingerprint density at radius 2 is 2.17 bits per heavy atom. The Bertz CT molecular complexity index is 742. The zero-order valence-electron chi connectivity index (χ0n) is 14.5. The second-order valence-corrected chi connectivity index (χ2v) is 6.40. The maximum Gasteiger partial charge on any atom is 0.256 e. The van der Waals surface area contributed by atoms with Crippen LogP contribution in [0.1, 0.15) is 33.1 Å². The average Bonchev–Trinajstić information content (AvgIpc) is 3.45. The van der Waals surface area contributed by atoms with Crippen molar-refractivity contribution in [3.63, 3.8) is 0 Å². The number of hydrogen-bond donors (Lipinski definition) is 1. The number of amides is 1. The fourth-order valence-corrected chi connectivity index (χ4v) is 2.91. The number of aromatic nitrogens is 1. The molecule has 128 valence electrons. The molecular weight excluding hydrogens is 304 g/mol. The van der Waals surface area contributed by atoms with E-state index in [0.717, 1.165) is 41.6 Å². The molecule has 1 aliphatic carbocycles. The Hall–Kier alpha value is -2.14. The Morgan fingerprint density at radius 1 is 1.38 bits per heavy atom. The van der Waals surface area contributed by atoms with Crippen molar-refractivity contribution in [1.29, 1.82) is 0 Å². The summed E-state index contributed by atoms with van der Waals surface area (Å²) in [7, 11) is 1.60. The molecule has 1 unspecified atom stereocenters. The lowest BCUT2D eigenvalue weighted by molar-refractivity contribution is -0.138. The lowest BCUT2D eigenvalue weighted by atomic mass is 9.98. The molecule has 1 N–H and O–H groups in total. The Kier molecular flexibility index (Phi) is 4.71. The van der Waals surface area contributed by atoms with Crippen LogP contribution in [0, 0.1) is 5.92 Å². The molecule has 1 amide bonds. The van der Waals surface area contributed by atoms with E-state index in [2.05, 4.69) is 17.2 Å². The van der Waals surface area contributed by atoms with Crippen molar-refractivity contribution in [2.75, 3.05) is 19.0 Å². The molecule has 1 aliphatic rings. The smallest absolute Gasteiger partial charge is 0.256 e. The Labute approximate surface area is 142 Å². The third-order valence-corrected chi connectivity index (χ3v) is 4.67. The summed E-state index contributed by atoms with van der Waals surface area (Å²) < 4.78 is 11.3. The lowest BCUT2D eigenvalue weighted by Crippen LogP contribution is -2.44. The summed E-state index contributed by atoms with van der Waals surface area (Å²) in [6, 6.07) is 7.54. The van der Waals surface area contributed by atoms with E-state index in [1.165, 1.54) is 0 Å². The minimum Gasteiger partial charge on any atom is -0.491 e. The van der Waals surface area contributed by atoms with Crippen LogP contribution in [0.5, 0.6) is 5.75 Å². The first kappa shape index (κ1) is 16.7. The number of nitrogens with one attached hydrogen (secondary N) is 1. The van der Waals surface area contributed by atoms with Gasteiger partial charge < -0.3 is 14.8 Å². The molecule has 1 saturated carbocycles. The molecule has 0 spiro atoms. The first-order chi connectivity index (χ1) is 11.6. The maximum absolute atomic E-state index is 12.8. The molecule has 0 saturated heterocycles. The van der Waals surface area contributed by atoms with Gasteiger partial charge in [0.05, 0.1) is 12.3 Å². The van der Waals surface area contributed by atoms with Gasteiger partial charge in [0.15, 0.2) is 0 Å². The number of methoxy groups -OCH3 is 1. The molecule has 1 heterocycles. The molecule has 5 nitrogen and oxygen atoms in total. The first-order valence-corrected chi connectivity index (χ1v) is 8.47. The van der Waals surface area contributed by atoms with E-state index in [9.17, 15) is 4.79 Å². The van der Waals surface area contributed by atoms with E-state index < -0.39 is 5.60 Å². The van der Waals surface area contributed by atoms with Crippen LogP contribution in [0.15, 0.2) is 30.5 Å². The van der Waals surface area contributed by atoms with Crippen LogP contribution in [0.25, 0.3) is 10.9 Å². The van der Waals surface area contributed by atoms with Crippen molar-refractivity contribution in [2.24, 2.45) is 5.92 Å². The highest BCUT2D eigenvalue weighted by Crippen LogP contribution is 2.42. The van der Waals surface area contributed by atoms with Gasteiger partial charge in [0, 0.05) is 18.7 Å². The van der Waals surface area contributed by atoms with Crippen LogP contribution < -0.4 is 10.1 Å². The van der Waals surface area contributed by atoms with Gasteiger partial charge in [0.2, 0.25) is 0 Å². The molecule has 1 atom stereocenters. The van der Waals surface area contributed by atoms with Crippen molar-refractivity contribution in [1.82, 2.24) is 4.98 Å². The number of pyridine rings is 1. The average molecular weight is 328 g/mol. The summed E-state index contributed by atoms with van der Waals surface area (Å²) in [5.41, 5.74) is 0.705. The van der Waals surface area contributed by atoms with Gasteiger partial charge in [-0.3, -0.25) is 9.78 Å². The summed E-state index contributed by atoms with van der Waals surface area (Å²) in [5, 5.41) is 3.89. The monoisotopic (exact) mass is 328 g/mol. The second-order valence-electron chi connectivity index (χ2n) is 6.40. The number of fused-ring (bicyclic) bond motifs is 1. The van der Waals surface area contributed by atoms with E-state index in [0.29, 0.717) is 12.5 Å². The quantitative estimate of drug-likeness (QED) is 0.840. The number of ether oxygens (including phenoxy) is 2. The molecule has 0 bridgehead atoms. The number of carbonyl (C=O) groups is 1. The topological polar surface area (TPSA) is 60.5 Å². The van der Waals surface area contributed by atoms with E-state index >= 15 is 0 Å². The highest BCUT2D eigenvalue weighted by Gasteiger charge is 2.47. The molecule has 5 heteroatoms. The van der Waals surface area contributed by atoms with Crippen molar-refractivity contribution < 1.29 is 14.3 Å². The van der Waals surface area contributed by atoms with Crippen molar-refractivity contribution in [3.8, 4) is 5.75 Å². The van der Waals surface area contributed by atoms with Crippen LogP contribution in [0.4, 0.5) is 5.69 Å². The van der Waals surface area contributed by atoms with Crippen LogP contribution in [-0.4, -0.2) is 30.2 Å². The fourth-order valence-electron chi connectivity index (χ4n) is 2.91. The number of hydrogen-bond acceptors (Lipinski definition) is 4. The highest BCUT2D eigenvalue weighted by molar-refractivity contribution is 6.05. The molecular formula is C19H24N2O3. The highest BCUT2D eigenvalue weighted by atomic mass is 16.5. The predicted octanol–water partition coefficient (Wildman–Crippen LogP) is 3.78. The lowest BCUT2D eigenvalue weighted by Gasteiger charge is -2.27. The van der Waals surface area contributed by atoms with Gasteiger partial charge in [0.1, 0.15) is 16.9 Å². The van der Waals surface area contributed by atoms with E-state index in [1.807, 2.05) is 31.2 Å². The van der Waals surface area contributed by atoms with Crippen molar-refractivity contribution in [2.45, 2.75) is 38.7 Å². The normalized spacial score (nSPS) is 16.6. The van der Waals surface area contributed by atoms with Gasteiger partial charge in [-0.1, -0.05) is 6.92 Å². The van der Waals surface area contributed by atoms with Gasteiger partial charge in [-0.05, 0) is 56.4 Å².